The van der Waals surface area contributed by atoms with Crippen molar-refractivity contribution in [3.05, 3.63) is 193 Å². The van der Waals surface area contributed by atoms with Gasteiger partial charge in [-0.3, -0.25) is 0 Å². The Bertz CT molecular complexity index is 3660. The Balaban J connectivity index is 0.00000689. The monoisotopic (exact) mass is 1080 g/mol. The van der Waals surface area contributed by atoms with Gasteiger partial charge in [0.25, 0.3) is 0 Å². The van der Waals surface area contributed by atoms with Crippen molar-refractivity contribution < 1.29 is 36.8 Å². The molecule has 0 N–H and O–H groups in total. The Hall–Kier alpha value is -6.20. The molecule has 0 saturated carbocycles. The molecule has 3 heterocycles. The van der Waals surface area contributed by atoms with Gasteiger partial charge in [0.15, 0.2) is 0 Å². The summed E-state index contributed by atoms with van der Waals surface area (Å²) < 4.78 is 77.1. The molecule has 0 spiro atoms. The number of nitrogens with zero attached hydrogens (tertiary/aromatic N) is 4. The van der Waals surface area contributed by atoms with Gasteiger partial charge in [0.1, 0.15) is 5.82 Å². The molecule has 0 radical (unpaired) electrons. The first-order valence-corrected chi connectivity index (χ1v) is 25.9. The molecule has 7 aromatic carbocycles. The molecule has 0 aliphatic carbocycles. The third-order valence-electron chi connectivity index (χ3n) is 12.4. The number of pyridine rings is 1. The number of aryl methyl sites for hydroxylation is 1. The fraction of sp³-hybridized carbons (Fsp3) is 0.200. The molecular formula is C60H57N4OPtSi-3. The average Bonchev–Trinajstić information content (AvgIpc) is 3.92. The smallest absolute Gasteiger partial charge is 0.135 e. The maximum atomic E-state index is 8.74. The van der Waals surface area contributed by atoms with Gasteiger partial charge in [0.05, 0.1) is 14.9 Å². The number of hydrogen-bond acceptors (Lipinski definition) is 4. The van der Waals surface area contributed by atoms with Gasteiger partial charge < -0.3 is 19.1 Å². The number of fused-ring (bicyclic) bond motifs is 4. The maximum Gasteiger partial charge on any atom is 0.135 e. The maximum absolute atomic E-state index is 8.74. The van der Waals surface area contributed by atoms with E-state index in [4.69, 9.17) is 20.7 Å². The van der Waals surface area contributed by atoms with Gasteiger partial charge in [-0.25, -0.2) is 4.98 Å². The van der Waals surface area contributed by atoms with Crippen LogP contribution in [0.4, 0.5) is 22.7 Å². The van der Waals surface area contributed by atoms with Crippen LogP contribution in [0.3, 0.4) is 0 Å². The number of rotatable bonds is 8. The van der Waals surface area contributed by atoms with Gasteiger partial charge >= 0.3 is 0 Å². The van der Waals surface area contributed by atoms with Gasteiger partial charge in [0, 0.05) is 71.0 Å². The number of benzene rings is 7. The molecule has 67 heavy (non-hydrogen) atoms. The first-order valence-electron chi connectivity index (χ1n) is 26.4. The zero-order valence-corrected chi connectivity index (χ0v) is 42.5. The summed E-state index contributed by atoms with van der Waals surface area (Å²) in [4.78, 5) is 9.20. The van der Waals surface area contributed by atoms with Crippen LogP contribution in [-0.4, -0.2) is 17.6 Å². The Labute approximate surface area is 423 Å². The summed E-state index contributed by atoms with van der Waals surface area (Å²) >= 11 is 0. The number of ether oxygens (including phenoxy) is 1. The third kappa shape index (κ3) is 8.78. The molecule has 0 bridgehead atoms. The standard InChI is InChI=1S/C60H57N4OSi.Pt/c1-40-31-58(61-38-52(40)41-19-12-11-13-20-41)64-55-32-42(49-23-14-17-26-57(49)66(8,9)10)27-29-50(55)51-30-28-48(37-56(51)64)65-47-22-18-21-45(36-47)62-39-63(54-25-16-15-24-53(54)62)46-34-43(59(2,3)4)33-44(35-46)60(5,6)7;/h11-35,38-39H,1-10H3;/q-3;/i1D3,11D,12D,13D,19D,20D;. The van der Waals surface area contributed by atoms with Crippen LogP contribution in [0.1, 0.15) is 69.2 Å². The largest absolute Gasteiger partial charge is 0.509 e. The van der Waals surface area contributed by atoms with Gasteiger partial charge in [-0.1, -0.05) is 157 Å². The minimum atomic E-state index is -2.77. The number of para-hydroxylation sites is 2. The molecule has 0 amide bonds. The van der Waals surface area contributed by atoms with Gasteiger partial charge in [0.2, 0.25) is 0 Å². The van der Waals surface area contributed by atoms with Crippen LogP contribution >= 0.6 is 0 Å². The van der Waals surface area contributed by atoms with Crippen molar-refractivity contribution in [1.29, 1.82) is 0 Å². The van der Waals surface area contributed by atoms with Crippen LogP contribution < -0.4 is 19.7 Å². The van der Waals surface area contributed by atoms with Gasteiger partial charge in [-0.05, 0) is 92.8 Å². The molecule has 0 unspecified atom stereocenters. The molecule has 10 rings (SSSR count). The second-order valence-electron chi connectivity index (χ2n) is 20.2. The van der Waals surface area contributed by atoms with Crippen LogP contribution in [-0.2, 0) is 31.9 Å². The van der Waals surface area contributed by atoms with Crippen molar-refractivity contribution in [3.8, 4) is 39.6 Å². The molecule has 5 nitrogen and oxygen atoms in total. The van der Waals surface area contributed by atoms with E-state index >= 15 is 0 Å². The minimum Gasteiger partial charge on any atom is -0.509 e. The van der Waals surface area contributed by atoms with E-state index in [0.717, 1.165) is 50.2 Å². The van der Waals surface area contributed by atoms with Crippen molar-refractivity contribution >= 4 is 57.8 Å². The van der Waals surface area contributed by atoms with Crippen LogP contribution in [0, 0.1) is 25.7 Å². The summed E-state index contributed by atoms with van der Waals surface area (Å²) in [7, 11) is -1.82. The quantitative estimate of drug-likeness (QED) is 0.112. The Morgan fingerprint density at radius 2 is 1.33 bits per heavy atom. The predicted octanol–water partition coefficient (Wildman–Crippen LogP) is 15.8. The van der Waals surface area contributed by atoms with E-state index in [1.807, 2.05) is 47.0 Å². The van der Waals surface area contributed by atoms with Crippen molar-refractivity contribution in [2.75, 3.05) is 9.80 Å². The zero-order chi connectivity index (χ0) is 53.0. The van der Waals surface area contributed by atoms with Crippen molar-refractivity contribution in [2.45, 2.75) is 78.9 Å². The second kappa shape index (κ2) is 17.5. The average molecular weight is 1080 g/mol. The van der Waals surface area contributed by atoms with E-state index in [0.29, 0.717) is 17.0 Å². The Morgan fingerprint density at radius 1 is 0.657 bits per heavy atom. The summed E-state index contributed by atoms with van der Waals surface area (Å²) in [5.74, 6) is 1.07. The molecule has 0 saturated heterocycles. The predicted molar refractivity (Wildman–Crippen MR) is 280 cm³/mol. The van der Waals surface area contributed by atoms with E-state index in [2.05, 4.69) is 163 Å². The molecule has 7 heteroatoms. The first kappa shape index (κ1) is 36.9. The van der Waals surface area contributed by atoms with E-state index in [1.165, 1.54) is 28.6 Å². The minimum absolute atomic E-state index is 0. The van der Waals surface area contributed by atoms with Crippen molar-refractivity contribution in [3.63, 3.8) is 0 Å². The normalized spacial score (nSPS) is 14.9. The molecule has 0 atom stereocenters. The summed E-state index contributed by atoms with van der Waals surface area (Å²) in [6.45, 7) is 19.7. The van der Waals surface area contributed by atoms with E-state index < -0.39 is 45.1 Å². The van der Waals surface area contributed by atoms with Gasteiger partial charge in [-0.15, -0.1) is 48.1 Å². The number of anilines is 4. The van der Waals surface area contributed by atoms with Crippen LogP contribution in [0.2, 0.25) is 19.6 Å². The van der Waals surface area contributed by atoms with E-state index in [1.54, 1.807) is 0 Å². The van der Waals surface area contributed by atoms with Crippen LogP contribution in [0.15, 0.2) is 158 Å². The SMILES string of the molecule is [2H]c1c([2H])c([2H])c(-c2cnc(-n3c4[c-]c(Oc5[c-]c(N6[CH-]N(c7cc(C(C)(C)C)cc(C(C)(C)C)c7)c7ccccc76)ccc5)ccc4c4ccc(-c5ccccc5[Si](C)(C)C)cc43)cc2C([2H])([2H])[2H])c([2H])c1[2H].[Pt]. The van der Waals surface area contributed by atoms with Gasteiger partial charge in [-0.2, -0.15) is 12.1 Å². The fourth-order valence-corrected chi connectivity index (χ4v) is 10.4. The number of aromatic nitrogens is 2. The van der Waals surface area contributed by atoms with E-state index in [9.17, 15) is 0 Å². The van der Waals surface area contributed by atoms with Crippen LogP contribution in [0.5, 0.6) is 11.5 Å². The number of hydrogen-bond donors (Lipinski definition) is 0. The first-order chi connectivity index (χ1) is 34.8. The molecular weight excluding hydrogens is 1020 g/mol. The zero-order valence-electron chi connectivity index (χ0n) is 47.2. The molecule has 9 aromatic rings. The molecule has 1 aliphatic rings. The Morgan fingerprint density at radius 3 is 2.03 bits per heavy atom. The summed E-state index contributed by atoms with van der Waals surface area (Å²) in [5, 5.41) is 2.98. The topological polar surface area (TPSA) is 33.5 Å². The van der Waals surface area contributed by atoms with Crippen molar-refractivity contribution in [2.24, 2.45) is 0 Å². The molecule has 1 aliphatic heterocycles. The molecule has 0 fully saturated rings. The fourth-order valence-electron chi connectivity index (χ4n) is 8.81. The molecule has 340 valence electrons. The summed E-state index contributed by atoms with van der Waals surface area (Å²) in [6.07, 6.45) is 1.30. The Kier molecular flexibility index (Phi) is 9.61. The van der Waals surface area contributed by atoms with Crippen molar-refractivity contribution in [1.82, 2.24) is 9.55 Å². The van der Waals surface area contributed by atoms with Crippen LogP contribution in [0.25, 0.3) is 49.9 Å². The summed E-state index contributed by atoms with van der Waals surface area (Å²) in [5.41, 5.74) is 9.10. The van der Waals surface area contributed by atoms with E-state index in [-0.39, 0.29) is 54.4 Å². The molecule has 2 aromatic heterocycles. The summed E-state index contributed by atoms with van der Waals surface area (Å²) in [6, 6.07) is 45.3. The third-order valence-corrected chi connectivity index (χ3v) is 14.4. The second-order valence-corrected chi connectivity index (χ2v) is 25.2.